The first-order valence-corrected chi connectivity index (χ1v) is 5.91. The van der Waals surface area contributed by atoms with Crippen molar-refractivity contribution in [2.45, 2.75) is 33.0 Å². The van der Waals surface area contributed by atoms with Crippen LogP contribution in [0.25, 0.3) is 0 Å². The molecule has 0 saturated carbocycles. The second-order valence-corrected chi connectivity index (χ2v) is 4.57. The van der Waals surface area contributed by atoms with E-state index < -0.39 is 18.8 Å². The summed E-state index contributed by atoms with van der Waals surface area (Å²) in [6.07, 6.45) is -1.82. The molecule has 1 rings (SSSR count). The van der Waals surface area contributed by atoms with Gasteiger partial charge in [-0.25, -0.2) is 4.79 Å². The maximum absolute atomic E-state index is 11.9. The molecule has 0 aliphatic heterocycles. The van der Waals surface area contributed by atoms with Gasteiger partial charge in [0.25, 0.3) is 0 Å². The van der Waals surface area contributed by atoms with Crippen LogP contribution in [0.5, 0.6) is 0 Å². The fourth-order valence-electron chi connectivity index (χ4n) is 1.28. The Balaban J connectivity index is 2.38. The van der Waals surface area contributed by atoms with Crippen molar-refractivity contribution in [3.05, 3.63) is 12.3 Å². The van der Waals surface area contributed by atoms with E-state index >= 15 is 0 Å². The largest absolute Gasteiger partial charge is 0.405 e. The molecule has 0 aliphatic carbocycles. The second kappa shape index (κ2) is 6.44. The van der Waals surface area contributed by atoms with Gasteiger partial charge in [0.15, 0.2) is 5.82 Å². The van der Waals surface area contributed by atoms with Crippen LogP contribution in [0, 0.1) is 5.92 Å². The summed E-state index contributed by atoms with van der Waals surface area (Å²) in [4.78, 5) is 11.2. The minimum atomic E-state index is -4.42. The fourth-order valence-corrected chi connectivity index (χ4v) is 1.28. The van der Waals surface area contributed by atoms with Gasteiger partial charge in [0.2, 0.25) is 0 Å². The lowest BCUT2D eigenvalue weighted by molar-refractivity contribution is -0.122. The van der Waals surface area contributed by atoms with Crippen molar-refractivity contribution in [1.82, 2.24) is 15.1 Å². The first-order valence-electron chi connectivity index (χ1n) is 5.91. The highest BCUT2D eigenvalue weighted by Gasteiger charge is 2.27. The van der Waals surface area contributed by atoms with Crippen LogP contribution in [-0.4, -0.2) is 28.5 Å². The van der Waals surface area contributed by atoms with E-state index in [1.54, 1.807) is 16.2 Å². The number of anilines is 1. The molecule has 1 heterocycles. The van der Waals surface area contributed by atoms with Gasteiger partial charge < -0.3 is 5.32 Å². The molecule has 8 heteroatoms. The van der Waals surface area contributed by atoms with Gasteiger partial charge in [-0.1, -0.05) is 13.8 Å². The van der Waals surface area contributed by atoms with Crippen LogP contribution in [0.4, 0.5) is 23.8 Å². The van der Waals surface area contributed by atoms with Crippen molar-refractivity contribution < 1.29 is 18.0 Å². The van der Waals surface area contributed by atoms with Crippen LogP contribution >= 0.6 is 0 Å². The van der Waals surface area contributed by atoms with Crippen molar-refractivity contribution in [2.24, 2.45) is 5.92 Å². The lowest BCUT2D eigenvalue weighted by atomic mass is 10.1. The number of aryl methyl sites for hydroxylation is 1. The minimum absolute atomic E-state index is 0.225. The molecule has 0 radical (unpaired) electrons. The summed E-state index contributed by atoms with van der Waals surface area (Å²) < 4.78 is 37.3. The zero-order valence-corrected chi connectivity index (χ0v) is 10.8. The Morgan fingerprint density at radius 2 is 2.16 bits per heavy atom. The Morgan fingerprint density at radius 1 is 1.47 bits per heavy atom. The lowest BCUT2D eigenvalue weighted by Crippen LogP contribution is -2.36. The Bertz CT molecular complexity index is 414. The van der Waals surface area contributed by atoms with Gasteiger partial charge in [-0.05, 0) is 12.3 Å². The Hall–Kier alpha value is -1.73. The van der Waals surface area contributed by atoms with E-state index in [9.17, 15) is 18.0 Å². The summed E-state index contributed by atoms with van der Waals surface area (Å²) in [5.74, 6) is 0.749. The molecule has 0 atom stereocenters. The number of halogens is 3. The molecule has 108 valence electrons. The first kappa shape index (κ1) is 15.3. The topological polar surface area (TPSA) is 59.0 Å². The Morgan fingerprint density at radius 3 is 2.74 bits per heavy atom. The number of nitrogens with one attached hydrogen (secondary N) is 2. The summed E-state index contributed by atoms with van der Waals surface area (Å²) >= 11 is 0. The monoisotopic (exact) mass is 278 g/mol. The van der Waals surface area contributed by atoms with Crippen molar-refractivity contribution >= 4 is 11.8 Å². The fraction of sp³-hybridized carbons (Fsp3) is 0.636. The van der Waals surface area contributed by atoms with Gasteiger partial charge >= 0.3 is 12.2 Å². The third-order valence-electron chi connectivity index (χ3n) is 2.27. The van der Waals surface area contributed by atoms with E-state index in [0.717, 1.165) is 6.42 Å². The maximum Gasteiger partial charge on any atom is 0.405 e. The SMILES string of the molecule is CC(C)CCn1ccc(NC(=O)NCC(F)(F)F)n1. The third kappa shape index (κ3) is 6.68. The zero-order valence-electron chi connectivity index (χ0n) is 10.8. The average molecular weight is 278 g/mol. The van der Waals surface area contributed by atoms with Crippen molar-refractivity contribution in [3.8, 4) is 0 Å². The first-order chi connectivity index (χ1) is 8.76. The van der Waals surface area contributed by atoms with Gasteiger partial charge in [-0.15, -0.1) is 0 Å². The summed E-state index contributed by atoms with van der Waals surface area (Å²) in [6.45, 7) is 3.48. The van der Waals surface area contributed by atoms with Crippen molar-refractivity contribution in [3.63, 3.8) is 0 Å². The number of aromatic nitrogens is 2. The summed E-state index contributed by atoms with van der Waals surface area (Å²) in [5.41, 5.74) is 0. The van der Waals surface area contributed by atoms with Gasteiger partial charge in [0.05, 0.1) is 0 Å². The third-order valence-corrected chi connectivity index (χ3v) is 2.27. The van der Waals surface area contributed by atoms with Crippen molar-refractivity contribution in [1.29, 1.82) is 0 Å². The second-order valence-electron chi connectivity index (χ2n) is 4.57. The van der Waals surface area contributed by atoms with Crippen LogP contribution in [0.15, 0.2) is 12.3 Å². The Kier molecular flexibility index (Phi) is 5.20. The van der Waals surface area contributed by atoms with Gasteiger partial charge in [0.1, 0.15) is 6.54 Å². The van der Waals surface area contributed by atoms with Gasteiger partial charge in [-0.2, -0.15) is 18.3 Å². The molecule has 5 nitrogen and oxygen atoms in total. The molecule has 0 saturated heterocycles. The number of rotatable bonds is 5. The minimum Gasteiger partial charge on any atom is -0.329 e. The number of amides is 2. The number of carbonyl (C=O) groups is 1. The number of alkyl halides is 3. The van der Waals surface area contributed by atoms with Gasteiger partial charge in [-0.3, -0.25) is 10.00 Å². The summed E-state index contributed by atoms with van der Waals surface area (Å²) in [6, 6.07) is 0.611. The number of urea groups is 1. The molecular formula is C11H17F3N4O. The molecule has 2 amide bonds. The molecule has 19 heavy (non-hydrogen) atoms. The van der Waals surface area contributed by atoms with E-state index in [0.29, 0.717) is 12.5 Å². The molecule has 2 N–H and O–H groups in total. The molecule has 0 fully saturated rings. The standard InChI is InChI=1S/C11H17F3N4O/c1-8(2)3-5-18-6-4-9(17-18)16-10(19)15-7-11(12,13)14/h4,6,8H,3,5,7H2,1-2H3,(H2,15,16,17,19). The highest BCUT2D eigenvalue weighted by atomic mass is 19.4. The summed E-state index contributed by atoms with van der Waals surface area (Å²) in [7, 11) is 0. The van der Waals surface area contributed by atoms with E-state index in [1.165, 1.54) is 6.07 Å². The zero-order chi connectivity index (χ0) is 14.5. The average Bonchev–Trinajstić information content (AvgIpc) is 2.70. The summed E-state index contributed by atoms with van der Waals surface area (Å²) in [5, 5.41) is 7.98. The molecule has 0 aliphatic rings. The molecule has 0 aromatic carbocycles. The van der Waals surface area contributed by atoms with E-state index in [4.69, 9.17) is 0 Å². The molecular weight excluding hydrogens is 261 g/mol. The molecule has 0 spiro atoms. The van der Waals surface area contributed by atoms with Crippen LogP contribution < -0.4 is 10.6 Å². The van der Waals surface area contributed by atoms with Crippen LogP contribution in [0.3, 0.4) is 0 Å². The van der Waals surface area contributed by atoms with Crippen LogP contribution in [0.2, 0.25) is 0 Å². The number of hydrogen-bond donors (Lipinski definition) is 2. The lowest BCUT2D eigenvalue weighted by Gasteiger charge is -2.08. The predicted octanol–water partition coefficient (Wildman–Crippen LogP) is 2.61. The molecule has 0 unspecified atom stereocenters. The number of carbonyl (C=O) groups excluding carboxylic acids is 1. The van der Waals surface area contributed by atoms with E-state index in [-0.39, 0.29) is 5.82 Å². The molecule has 0 bridgehead atoms. The van der Waals surface area contributed by atoms with E-state index in [2.05, 4.69) is 24.3 Å². The highest BCUT2D eigenvalue weighted by molar-refractivity contribution is 5.88. The molecule has 1 aromatic rings. The number of nitrogens with zero attached hydrogens (tertiary/aromatic N) is 2. The number of hydrogen-bond acceptors (Lipinski definition) is 2. The van der Waals surface area contributed by atoms with Crippen LogP contribution in [-0.2, 0) is 6.54 Å². The van der Waals surface area contributed by atoms with Crippen LogP contribution in [0.1, 0.15) is 20.3 Å². The van der Waals surface area contributed by atoms with Gasteiger partial charge in [0, 0.05) is 18.8 Å². The smallest absolute Gasteiger partial charge is 0.329 e. The van der Waals surface area contributed by atoms with E-state index in [1.807, 2.05) is 0 Å². The predicted molar refractivity (Wildman–Crippen MR) is 64.8 cm³/mol. The highest BCUT2D eigenvalue weighted by Crippen LogP contribution is 2.12. The van der Waals surface area contributed by atoms with Crippen molar-refractivity contribution in [2.75, 3.05) is 11.9 Å². The quantitative estimate of drug-likeness (QED) is 0.869. The molecule has 1 aromatic heterocycles. The normalized spacial score (nSPS) is 11.7. The Labute approximate surface area is 109 Å². The maximum atomic E-state index is 11.9.